The molecule has 0 bridgehead atoms. The lowest BCUT2D eigenvalue weighted by atomic mass is 9.93. The van der Waals surface area contributed by atoms with E-state index < -0.39 is 0 Å². The minimum Gasteiger partial charge on any atom is -0.300 e. The van der Waals surface area contributed by atoms with Crippen molar-refractivity contribution in [3.05, 3.63) is 34.9 Å². The maximum atomic E-state index is 11.1. The number of rotatable bonds is 4. The third-order valence-corrected chi connectivity index (χ3v) is 2.99. The van der Waals surface area contributed by atoms with Gasteiger partial charge in [-0.1, -0.05) is 32.0 Å². The number of hydrogen-bond acceptors (Lipinski definition) is 1. The monoisotopic (exact) mass is 204 g/mol. The van der Waals surface area contributed by atoms with Crippen LogP contribution >= 0.6 is 0 Å². The van der Waals surface area contributed by atoms with Gasteiger partial charge in [-0.3, -0.25) is 4.79 Å². The summed E-state index contributed by atoms with van der Waals surface area (Å²) in [5, 5.41) is 0. The molecule has 0 amide bonds. The van der Waals surface area contributed by atoms with E-state index in [1.165, 1.54) is 16.7 Å². The first-order valence-corrected chi connectivity index (χ1v) is 5.63. The van der Waals surface area contributed by atoms with Gasteiger partial charge in [0.1, 0.15) is 5.78 Å². The minimum atomic E-state index is 0.236. The van der Waals surface area contributed by atoms with Crippen molar-refractivity contribution in [1.29, 1.82) is 0 Å². The van der Waals surface area contributed by atoms with Crippen LogP contribution in [0.5, 0.6) is 0 Å². The van der Waals surface area contributed by atoms with Crippen LogP contribution in [0.15, 0.2) is 18.2 Å². The van der Waals surface area contributed by atoms with Crippen LogP contribution in [0, 0.1) is 6.92 Å². The normalized spacial score (nSPS) is 12.5. The smallest absolute Gasteiger partial charge is 0.134 e. The molecule has 0 spiro atoms. The summed E-state index contributed by atoms with van der Waals surface area (Å²) in [7, 11) is 0. The fourth-order valence-electron chi connectivity index (χ4n) is 1.69. The Morgan fingerprint density at radius 1 is 1.40 bits per heavy atom. The van der Waals surface area contributed by atoms with Crippen molar-refractivity contribution in [1.82, 2.24) is 0 Å². The Balaban J connectivity index is 2.99. The highest BCUT2D eigenvalue weighted by Gasteiger charge is 2.07. The minimum absolute atomic E-state index is 0.236. The highest BCUT2D eigenvalue weighted by atomic mass is 16.1. The zero-order chi connectivity index (χ0) is 11.4. The Kier molecular flexibility index (Phi) is 4.07. The zero-order valence-electron chi connectivity index (χ0n) is 10.1. The topological polar surface area (TPSA) is 17.1 Å². The van der Waals surface area contributed by atoms with Crippen LogP contribution in [0.25, 0.3) is 0 Å². The fraction of sp³-hybridized carbons (Fsp3) is 0.500. The first-order valence-electron chi connectivity index (χ1n) is 5.63. The van der Waals surface area contributed by atoms with Crippen molar-refractivity contribution >= 4 is 5.78 Å². The van der Waals surface area contributed by atoms with Gasteiger partial charge in [-0.25, -0.2) is 0 Å². The van der Waals surface area contributed by atoms with Crippen molar-refractivity contribution in [3.8, 4) is 0 Å². The molecule has 0 N–H and O–H groups in total. The molecule has 0 aliphatic carbocycles. The predicted molar refractivity (Wildman–Crippen MR) is 64.3 cm³/mol. The molecule has 0 aliphatic heterocycles. The van der Waals surface area contributed by atoms with E-state index in [1.807, 2.05) is 0 Å². The molecule has 1 heteroatoms. The SMILES string of the molecule is CCC(C)c1ccc(C)c(CC(C)=O)c1. The fourth-order valence-corrected chi connectivity index (χ4v) is 1.69. The molecule has 1 aromatic rings. The van der Waals surface area contributed by atoms with Crippen molar-refractivity contribution in [2.45, 2.75) is 46.5 Å². The molecule has 0 fully saturated rings. The summed E-state index contributed by atoms with van der Waals surface area (Å²) in [5.74, 6) is 0.815. The van der Waals surface area contributed by atoms with Gasteiger partial charge in [0.15, 0.2) is 0 Å². The third kappa shape index (κ3) is 3.19. The molecule has 82 valence electrons. The number of carbonyl (C=O) groups excluding carboxylic acids is 1. The highest BCUT2D eigenvalue weighted by Crippen LogP contribution is 2.21. The van der Waals surface area contributed by atoms with Gasteiger partial charge in [0.2, 0.25) is 0 Å². The van der Waals surface area contributed by atoms with Gasteiger partial charge in [0.25, 0.3) is 0 Å². The number of carbonyl (C=O) groups is 1. The summed E-state index contributed by atoms with van der Waals surface area (Å²) in [6, 6.07) is 6.48. The molecule has 1 atom stereocenters. The third-order valence-electron chi connectivity index (χ3n) is 2.99. The second kappa shape index (κ2) is 5.11. The molecular weight excluding hydrogens is 184 g/mol. The van der Waals surface area contributed by atoms with E-state index in [0.717, 1.165) is 6.42 Å². The summed E-state index contributed by atoms with van der Waals surface area (Å²) < 4.78 is 0. The molecule has 1 aromatic carbocycles. The molecule has 1 nitrogen and oxygen atoms in total. The van der Waals surface area contributed by atoms with Gasteiger partial charge in [-0.2, -0.15) is 0 Å². The maximum Gasteiger partial charge on any atom is 0.134 e. The van der Waals surface area contributed by atoms with Gasteiger partial charge >= 0.3 is 0 Å². The van der Waals surface area contributed by atoms with E-state index in [2.05, 4.69) is 39.0 Å². The molecule has 1 rings (SSSR count). The number of aryl methyl sites for hydroxylation is 1. The van der Waals surface area contributed by atoms with Gasteiger partial charge in [-0.15, -0.1) is 0 Å². The Labute approximate surface area is 92.5 Å². The Hall–Kier alpha value is -1.11. The van der Waals surface area contributed by atoms with Crippen LogP contribution in [0.2, 0.25) is 0 Å². The maximum absolute atomic E-state index is 11.1. The van der Waals surface area contributed by atoms with E-state index in [9.17, 15) is 4.79 Å². The standard InChI is InChI=1S/C14H20O/c1-5-10(2)13-7-6-11(3)14(9-13)8-12(4)15/h6-7,9-10H,5,8H2,1-4H3. The summed E-state index contributed by atoms with van der Waals surface area (Å²) in [6.45, 7) is 8.13. The van der Waals surface area contributed by atoms with Crippen LogP contribution in [0.3, 0.4) is 0 Å². The van der Waals surface area contributed by atoms with Crippen molar-refractivity contribution < 1.29 is 4.79 Å². The lowest BCUT2D eigenvalue weighted by Gasteiger charge is -2.12. The second-order valence-corrected chi connectivity index (χ2v) is 4.37. The molecule has 0 saturated heterocycles. The molecule has 15 heavy (non-hydrogen) atoms. The molecule has 0 aromatic heterocycles. The quantitative estimate of drug-likeness (QED) is 0.731. The predicted octanol–water partition coefficient (Wildman–Crippen LogP) is 3.64. The van der Waals surface area contributed by atoms with Crippen LogP contribution < -0.4 is 0 Å². The average molecular weight is 204 g/mol. The van der Waals surface area contributed by atoms with Gasteiger partial charge in [-0.05, 0) is 42.9 Å². The van der Waals surface area contributed by atoms with E-state index in [4.69, 9.17) is 0 Å². The van der Waals surface area contributed by atoms with Crippen LogP contribution in [0.4, 0.5) is 0 Å². The van der Waals surface area contributed by atoms with Crippen LogP contribution in [0.1, 0.15) is 49.8 Å². The Bertz CT molecular complexity index is 352. The molecular formula is C14H20O. The zero-order valence-corrected chi connectivity index (χ0v) is 10.1. The lowest BCUT2D eigenvalue weighted by Crippen LogP contribution is -2.01. The van der Waals surface area contributed by atoms with Crippen LogP contribution in [-0.4, -0.2) is 5.78 Å². The summed E-state index contributed by atoms with van der Waals surface area (Å²) in [4.78, 5) is 11.1. The second-order valence-electron chi connectivity index (χ2n) is 4.37. The highest BCUT2D eigenvalue weighted by molar-refractivity contribution is 5.78. The van der Waals surface area contributed by atoms with Gasteiger partial charge in [0, 0.05) is 6.42 Å². The summed E-state index contributed by atoms with van der Waals surface area (Å²) >= 11 is 0. The van der Waals surface area contributed by atoms with E-state index in [1.54, 1.807) is 6.92 Å². The molecule has 0 radical (unpaired) electrons. The van der Waals surface area contributed by atoms with Crippen molar-refractivity contribution in [2.75, 3.05) is 0 Å². The average Bonchev–Trinajstić information content (AvgIpc) is 2.19. The summed E-state index contributed by atoms with van der Waals surface area (Å²) in [5.41, 5.74) is 3.75. The summed E-state index contributed by atoms with van der Waals surface area (Å²) in [6.07, 6.45) is 1.71. The van der Waals surface area contributed by atoms with Crippen molar-refractivity contribution in [3.63, 3.8) is 0 Å². The van der Waals surface area contributed by atoms with Gasteiger partial charge in [0.05, 0.1) is 0 Å². The largest absolute Gasteiger partial charge is 0.300 e. The first-order chi connectivity index (χ1) is 7.04. The lowest BCUT2D eigenvalue weighted by molar-refractivity contribution is -0.116. The van der Waals surface area contributed by atoms with E-state index >= 15 is 0 Å². The molecule has 0 heterocycles. The van der Waals surface area contributed by atoms with Crippen LogP contribution in [-0.2, 0) is 11.2 Å². The number of hydrogen-bond donors (Lipinski definition) is 0. The Morgan fingerprint density at radius 2 is 2.07 bits per heavy atom. The molecule has 0 saturated carbocycles. The van der Waals surface area contributed by atoms with E-state index in [0.29, 0.717) is 12.3 Å². The first kappa shape index (κ1) is 12.0. The number of Topliss-reactive ketones (excluding diaryl/α,β-unsaturated/α-hetero) is 1. The van der Waals surface area contributed by atoms with Crippen molar-refractivity contribution in [2.24, 2.45) is 0 Å². The number of ketones is 1. The van der Waals surface area contributed by atoms with E-state index in [-0.39, 0.29) is 5.78 Å². The van der Waals surface area contributed by atoms with Gasteiger partial charge < -0.3 is 0 Å². The number of benzene rings is 1. The molecule has 0 aliphatic rings. The molecule has 1 unspecified atom stereocenters. The Morgan fingerprint density at radius 3 is 2.60 bits per heavy atom.